The SMILES string of the molecule is CN=C1NC(c2cc(-c3cncc(C(F)F)c3)ccc2C)(C2CCC(OC)CC2)N=C1C. The van der Waals surface area contributed by atoms with Crippen LogP contribution in [0, 0.1) is 12.8 Å². The Morgan fingerprint density at radius 1 is 1.09 bits per heavy atom. The van der Waals surface area contributed by atoms with Crippen LogP contribution in [0.5, 0.6) is 0 Å². The summed E-state index contributed by atoms with van der Waals surface area (Å²) in [6.07, 6.45) is 4.50. The third kappa shape index (κ3) is 4.06. The second-order valence-corrected chi connectivity index (χ2v) is 8.71. The Balaban J connectivity index is 1.80. The molecule has 1 saturated carbocycles. The topological polar surface area (TPSA) is 58.9 Å². The lowest BCUT2D eigenvalue weighted by molar-refractivity contribution is 0.0395. The number of nitrogens with one attached hydrogen (secondary N) is 1. The number of amidine groups is 1. The van der Waals surface area contributed by atoms with Crippen molar-refractivity contribution in [2.75, 3.05) is 14.2 Å². The van der Waals surface area contributed by atoms with E-state index in [2.05, 4.69) is 28.3 Å². The Labute approximate surface area is 188 Å². The van der Waals surface area contributed by atoms with Gasteiger partial charge in [-0.3, -0.25) is 15.0 Å². The van der Waals surface area contributed by atoms with Gasteiger partial charge in [-0.05, 0) is 62.8 Å². The molecule has 0 radical (unpaired) electrons. The molecule has 2 aromatic rings. The van der Waals surface area contributed by atoms with Gasteiger partial charge in [0.15, 0.2) is 5.66 Å². The van der Waals surface area contributed by atoms with Crippen LogP contribution in [0.4, 0.5) is 8.78 Å². The van der Waals surface area contributed by atoms with Crippen LogP contribution in [-0.4, -0.2) is 36.8 Å². The van der Waals surface area contributed by atoms with E-state index >= 15 is 0 Å². The van der Waals surface area contributed by atoms with Crippen molar-refractivity contribution >= 4 is 11.5 Å². The molecule has 1 aliphatic heterocycles. The number of benzene rings is 1. The van der Waals surface area contributed by atoms with Gasteiger partial charge in [0.1, 0.15) is 5.84 Å². The molecule has 0 bridgehead atoms. The maximum atomic E-state index is 13.3. The van der Waals surface area contributed by atoms with Crippen LogP contribution in [0.1, 0.15) is 55.7 Å². The number of alkyl halides is 2. The molecule has 2 aliphatic rings. The van der Waals surface area contributed by atoms with Crippen molar-refractivity contribution in [3.8, 4) is 11.1 Å². The Morgan fingerprint density at radius 2 is 1.84 bits per heavy atom. The van der Waals surface area contributed by atoms with E-state index in [1.165, 1.54) is 12.3 Å². The molecule has 32 heavy (non-hydrogen) atoms. The Kier molecular flexibility index (Phi) is 6.38. The van der Waals surface area contributed by atoms with Crippen molar-refractivity contribution in [2.45, 2.75) is 57.7 Å². The Morgan fingerprint density at radius 3 is 2.47 bits per heavy atom. The molecule has 1 atom stereocenters. The first kappa shape index (κ1) is 22.5. The highest BCUT2D eigenvalue weighted by atomic mass is 19.3. The molecular formula is C25H30F2N4O. The van der Waals surface area contributed by atoms with E-state index in [-0.39, 0.29) is 17.6 Å². The van der Waals surface area contributed by atoms with Crippen LogP contribution < -0.4 is 5.32 Å². The number of hydrogen-bond acceptors (Lipinski definition) is 4. The van der Waals surface area contributed by atoms with Crippen molar-refractivity contribution in [3.63, 3.8) is 0 Å². The summed E-state index contributed by atoms with van der Waals surface area (Å²) in [6, 6.07) is 7.58. The quantitative estimate of drug-likeness (QED) is 0.673. The van der Waals surface area contributed by atoms with Crippen molar-refractivity contribution in [1.29, 1.82) is 0 Å². The van der Waals surface area contributed by atoms with Gasteiger partial charge in [0.2, 0.25) is 0 Å². The van der Waals surface area contributed by atoms with E-state index in [0.717, 1.165) is 53.9 Å². The zero-order valence-electron chi connectivity index (χ0n) is 19.0. The second kappa shape index (κ2) is 9.06. The minimum absolute atomic E-state index is 0.0783. The van der Waals surface area contributed by atoms with E-state index < -0.39 is 12.1 Å². The number of aliphatic imine (C=N–C) groups is 2. The molecule has 1 N–H and O–H groups in total. The largest absolute Gasteiger partial charge is 0.381 e. The number of aryl methyl sites for hydroxylation is 1. The number of rotatable bonds is 5. The van der Waals surface area contributed by atoms with E-state index in [1.807, 2.05) is 19.1 Å². The molecule has 0 saturated heterocycles. The lowest BCUT2D eigenvalue weighted by atomic mass is 9.74. The molecule has 1 aliphatic carbocycles. The molecular weight excluding hydrogens is 410 g/mol. The summed E-state index contributed by atoms with van der Waals surface area (Å²) in [5.41, 5.74) is 3.84. The molecule has 2 heterocycles. The average molecular weight is 441 g/mol. The lowest BCUT2D eigenvalue weighted by Crippen LogP contribution is -2.48. The number of halogens is 2. The van der Waals surface area contributed by atoms with Gasteiger partial charge in [-0.1, -0.05) is 12.1 Å². The molecule has 1 aromatic carbocycles. The van der Waals surface area contributed by atoms with Gasteiger partial charge >= 0.3 is 0 Å². The number of methoxy groups -OCH3 is 1. The monoisotopic (exact) mass is 440 g/mol. The minimum atomic E-state index is -2.55. The van der Waals surface area contributed by atoms with Gasteiger partial charge in [0.05, 0.1) is 11.8 Å². The summed E-state index contributed by atoms with van der Waals surface area (Å²) < 4.78 is 32.1. The van der Waals surface area contributed by atoms with E-state index in [4.69, 9.17) is 9.73 Å². The van der Waals surface area contributed by atoms with Crippen LogP contribution in [-0.2, 0) is 10.4 Å². The lowest BCUT2D eigenvalue weighted by Gasteiger charge is -2.40. The van der Waals surface area contributed by atoms with E-state index in [9.17, 15) is 8.78 Å². The molecule has 1 unspecified atom stereocenters. The number of hydrogen-bond donors (Lipinski definition) is 1. The van der Waals surface area contributed by atoms with Crippen molar-refractivity contribution < 1.29 is 13.5 Å². The first-order valence-corrected chi connectivity index (χ1v) is 11.1. The highest BCUT2D eigenvalue weighted by Gasteiger charge is 2.47. The smallest absolute Gasteiger partial charge is 0.265 e. The standard InChI is InChI=1S/C25H30F2N4O/c1-15-5-6-17(18-11-19(23(26)27)14-29-13-18)12-22(15)25(30-16(2)24(28-3)31-25)20-7-9-21(32-4)10-8-20/h5-6,11-14,20-21,23H,7-10H2,1-4H3,(H,28,31). The molecule has 7 heteroatoms. The van der Waals surface area contributed by atoms with Gasteiger partial charge in [-0.15, -0.1) is 0 Å². The number of aromatic nitrogens is 1. The Bertz CT molecular complexity index is 1040. The van der Waals surface area contributed by atoms with Crippen LogP contribution in [0.15, 0.2) is 46.6 Å². The highest BCUT2D eigenvalue weighted by Crippen LogP contribution is 2.45. The number of nitrogens with zero attached hydrogens (tertiary/aromatic N) is 3. The first-order valence-electron chi connectivity index (χ1n) is 11.1. The zero-order chi connectivity index (χ0) is 22.9. The first-order chi connectivity index (χ1) is 15.4. The molecule has 4 rings (SSSR count). The van der Waals surface area contributed by atoms with Crippen molar-refractivity contribution in [1.82, 2.24) is 10.3 Å². The zero-order valence-corrected chi connectivity index (χ0v) is 19.0. The van der Waals surface area contributed by atoms with Crippen LogP contribution in [0.2, 0.25) is 0 Å². The van der Waals surface area contributed by atoms with Gasteiger partial charge in [0, 0.05) is 49.2 Å². The number of ether oxygens (including phenoxy) is 1. The van der Waals surface area contributed by atoms with Crippen molar-refractivity contribution in [2.24, 2.45) is 15.9 Å². The van der Waals surface area contributed by atoms with E-state index in [0.29, 0.717) is 5.56 Å². The van der Waals surface area contributed by atoms with Crippen LogP contribution >= 0.6 is 0 Å². The summed E-state index contributed by atoms with van der Waals surface area (Å²) >= 11 is 0. The maximum Gasteiger partial charge on any atom is 0.265 e. The predicted molar refractivity (Wildman–Crippen MR) is 123 cm³/mol. The van der Waals surface area contributed by atoms with Gasteiger partial charge in [0.25, 0.3) is 6.43 Å². The molecule has 5 nitrogen and oxygen atoms in total. The third-order valence-corrected chi connectivity index (χ3v) is 6.81. The summed E-state index contributed by atoms with van der Waals surface area (Å²) in [4.78, 5) is 13.6. The maximum absolute atomic E-state index is 13.3. The summed E-state index contributed by atoms with van der Waals surface area (Å²) in [6.45, 7) is 4.05. The molecule has 0 spiro atoms. The van der Waals surface area contributed by atoms with Crippen LogP contribution in [0.3, 0.4) is 0 Å². The Hall–Kier alpha value is -2.67. The van der Waals surface area contributed by atoms with Crippen LogP contribution in [0.25, 0.3) is 11.1 Å². The summed E-state index contributed by atoms with van der Waals surface area (Å²) in [5.74, 6) is 1.06. The molecule has 1 fully saturated rings. The van der Waals surface area contributed by atoms with Gasteiger partial charge in [-0.2, -0.15) is 0 Å². The third-order valence-electron chi connectivity index (χ3n) is 6.81. The summed E-state index contributed by atoms with van der Waals surface area (Å²) in [5, 5.41) is 3.64. The molecule has 1 aromatic heterocycles. The fraction of sp³-hybridized carbons (Fsp3) is 0.480. The van der Waals surface area contributed by atoms with Gasteiger partial charge < -0.3 is 10.1 Å². The minimum Gasteiger partial charge on any atom is -0.381 e. The molecule has 170 valence electrons. The fourth-order valence-corrected chi connectivity index (χ4v) is 5.04. The van der Waals surface area contributed by atoms with Crippen molar-refractivity contribution in [3.05, 3.63) is 53.3 Å². The summed E-state index contributed by atoms with van der Waals surface area (Å²) in [7, 11) is 3.54. The number of pyridine rings is 1. The average Bonchev–Trinajstić information content (AvgIpc) is 3.16. The second-order valence-electron chi connectivity index (χ2n) is 8.71. The molecule has 0 amide bonds. The fourth-order valence-electron chi connectivity index (χ4n) is 5.04. The van der Waals surface area contributed by atoms with Gasteiger partial charge in [-0.25, -0.2) is 8.78 Å². The normalized spacial score (nSPS) is 27.0. The van der Waals surface area contributed by atoms with E-state index in [1.54, 1.807) is 20.4 Å². The predicted octanol–water partition coefficient (Wildman–Crippen LogP) is 5.45. The highest BCUT2D eigenvalue weighted by molar-refractivity contribution is 6.42.